The molecule has 20 N–H and O–H groups in total. The van der Waals surface area contributed by atoms with Gasteiger partial charge >= 0.3 is 18.1 Å². The lowest BCUT2D eigenvalue weighted by atomic mass is 9.85. The normalized spacial score (nSPS) is 27.0. The summed E-state index contributed by atoms with van der Waals surface area (Å²) >= 11 is 14.3. The van der Waals surface area contributed by atoms with Gasteiger partial charge in [0.15, 0.2) is 29.9 Å². The molecule has 0 radical (unpaired) electrons. The molecule has 3 fully saturated rings. The maximum absolute atomic E-state index is 16.3. The first-order valence-corrected chi connectivity index (χ1v) is 38.2. The second-order valence-electron chi connectivity index (χ2n) is 30.3. The van der Waals surface area contributed by atoms with Crippen molar-refractivity contribution in [3.05, 3.63) is 157 Å². The molecule has 6 aromatic rings. The Labute approximate surface area is 690 Å². The summed E-state index contributed by atoms with van der Waals surface area (Å²) in [6.45, 7) is 4.80. The summed E-state index contributed by atoms with van der Waals surface area (Å²) < 4.78 is 44.4. The number of urea groups is 1. The molecule has 18 atom stereocenters. The number of amides is 10. The van der Waals surface area contributed by atoms with E-state index in [9.17, 15) is 89.9 Å². The number of hydrogen-bond acceptors (Lipinski definition) is 28. The summed E-state index contributed by atoms with van der Waals surface area (Å²) in [6.07, 6.45) is -20.2. The molecule has 1 aliphatic carbocycles. The third kappa shape index (κ3) is 19.2. The van der Waals surface area contributed by atoms with E-state index >= 15 is 19.2 Å². The Balaban J connectivity index is 1.04. The zero-order chi connectivity index (χ0) is 86.9. The number of carbonyl (C=O) groups excluding carboxylic acids is 9. The van der Waals surface area contributed by atoms with Crippen molar-refractivity contribution in [2.24, 2.45) is 11.7 Å². The highest BCUT2D eigenvalue weighted by Gasteiger charge is 2.53. The number of aliphatic carboxylic acids is 1. The van der Waals surface area contributed by atoms with Gasteiger partial charge in [-0.3, -0.25) is 48.6 Å². The van der Waals surface area contributed by atoms with Crippen LogP contribution in [-0.2, 0) is 63.9 Å². The Kier molecular flexibility index (Phi) is 26.2. The number of carboxylic acids is 1. The molecule has 640 valence electrons. The molecule has 42 heteroatoms. The molecule has 40 nitrogen and oxygen atoms in total. The van der Waals surface area contributed by atoms with Gasteiger partial charge in [0.25, 0.3) is 5.69 Å². The van der Waals surface area contributed by atoms with Gasteiger partial charge in [0, 0.05) is 54.4 Å². The van der Waals surface area contributed by atoms with Crippen molar-refractivity contribution < 1.29 is 137 Å². The molecule has 14 rings (SSSR count). The summed E-state index contributed by atoms with van der Waals surface area (Å²) in [5.41, 5.74) is 1.02. The molecule has 0 unspecified atom stereocenters. The number of carbonyl (C=O) groups is 10. The predicted molar refractivity (Wildman–Crippen MR) is 412 cm³/mol. The van der Waals surface area contributed by atoms with Crippen molar-refractivity contribution in [2.45, 2.75) is 182 Å². The zero-order valence-electron chi connectivity index (χ0n) is 64.2. The minimum absolute atomic E-state index is 0.136. The topological polar surface area (TPSA) is 606 Å². The number of ether oxygens (including phenoxy) is 7. The minimum Gasteiger partial charge on any atom is -0.508 e. The van der Waals surface area contributed by atoms with E-state index in [4.69, 9.17) is 62.1 Å². The van der Waals surface area contributed by atoms with Crippen LogP contribution in [0.2, 0.25) is 10.0 Å². The number of phenolic OH excluding ortho intramolecular Hbond substituents is 3. The van der Waals surface area contributed by atoms with Gasteiger partial charge in [0.1, 0.15) is 108 Å². The molecule has 6 aromatic carbocycles. The van der Waals surface area contributed by atoms with E-state index < -0.39 is 283 Å². The Morgan fingerprint density at radius 2 is 1.33 bits per heavy atom. The van der Waals surface area contributed by atoms with Crippen LogP contribution in [0.5, 0.6) is 46.0 Å². The van der Waals surface area contributed by atoms with E-state index in [0.717, 1.165) is 83.8 Å². The maximum Gasteiger partial charge on any atom is 0.410 e. The van der Waals surface area contributed by atoms with Crippen LogP contribution in [0.3, 0.4) is 0 Å². The number of phenols is 3. The summed E-state index contributed by atoms with van der Waals surface area (Å²) in [4.78, 5) is 158. The Hall–Kier alpha value is -12.0. The van der Waals surface area contributed by atoms with Gasteiger partial charge in [-0.2, -0.15) is 0 Å². The van der Waals surface area contributed by atoms with Crippen LogP contribution < -0.4 is 62.5 Å². The number of halogens is 2. The number of nitro benzene ring substituents is 1. The molecule has 7 heterocycles. The van der Waals surface area contributed by atoms with Gasteiger partial charge in [-0.1, -0.05) is 55.2 Å². The number of fused-ring (bicyclic) bond motifs is 15. The summed E-state index contributed by atoms with van der Waals surface area (Å²) in [7, 11) is 1.18. The number of benzene rings is 6. The molecule has 120 heavy (non-hydrogen) atoms. The van der Waals surface area contributed by atoms with Crippen LogP contribution >= 0.6 is 23.2 Å². The monoisotopic (exact) mass is 1710 g/mol. The lowest BCUT2D eigenvalue weighted by molar-refractivity contribution is -0.384. The average Bonchev–Trinajstić information content (AvgIpc) is 1.06. The number of nitrogens with one attached hydrogen (secondary N) is 8. The van der Waals surface area contributed by atoms with E-state index in [-0.39, 0.29) is 35.7 Å². The number of aliphatic hydroxyl groups excluding tert-OH is 6. The number of likely N-dealkylation sites (N-methyl/N-ethyl adjacent to an activating group) is 1. The molecule has 8 aliphatic rings. The standard InChI is InChI=1S/C78H85Cl2N11O29/c1-30(2)18-45(90(5)77(111)114-29-32-6-13-38(14-7-32)91(112)113)69(103)87-59-61(97)34-9-16-48(42(79)20-34)116-50-22-36-23-51(65(50)120-75-66(64(100)63(99)52(28-92)118-75)119-54-27-78(4,67(101)31(3)115-54)89-76(110)82-37-11-12-37)117-49-17-10-35(21-43(49)80)62(98)60-73(107)86-58(74(108)109)41-24-39(93)25-47(95)55(41)40-19-33(8-15-46(40)94)56(70(104)88-60)85-71(105)57(36)84-68(102)44(26-53(81)96)83-72(59)106/h6-10,13-17,19-25,30-31,37,44-45,52,54,56-64,66-67,75,92-95,97-101H,11-12,18,26-29H2,1-5H3,(H2,81,96)(H,83,106)(H,84,102)(H,85,105)(H,86,107)(H,87,103)(H,88,104)(H,108,109)(H2,82,89,110)/t31-,44-,45+,52+,54-,56+,57+,58-,59+,60-,61+,62+,63+,64-,66+,67+,75-,78-/m0/s1. The average molecular weight is 1710 g/mol. The van der Waals surface area contributed by atoms with Crippen molar-refractivity contribution in [3.8, 4) is 57.1 Å². The SMILES string of the molecule is CC(C)C[C@H](C(=O)N[C@H]1C(=O)N[C@@H](CC(N)=O)C(=O)N[C@H]2C(=O)N[C@H]3C(=O)N[C@H](C(=O)N[C@H](C(=O)O)c4cc(O)cc(O)c4-c4cc3ccc4O)[C@H](O)c3ccc(c(Cl)c3)Oc3cc2cc(c3O[C@@H]2O[C@H](CO)[C@@H](O)[C@H](O)[C@H]2O[C@H]2C[C@](C)(NC(=O)NC3CC3)[C@H](O)[C@H](C)O2)Oc2ccc(cc2Cl)[C@H]1O)N(C)C(=O)OCc1ccc([N+](=O)[O-])cc1. The van der Waals surface area contributed by atoms with Crippen molar-refractivity contribution in [2.75, 3.05) is 13.7 Å². The number of carboxylic acid groups (broad SMARTS) is 1. The second-order valence-corrected chi connectivity index (χ2v) is 31.1. The van der Waals surface area contributed by atoms with Gasteiger partial charge in [-0.25, -0.2) is 14.4 Å². The Morgan fingerprint density at radius 1 is 0.717 bits per heavy atom. The predicted octanol–water partition coefficient (Wildman–Crippen LogP) is 2.57. The molecule has 10 amide bonds. The first kappa shape index (κ1) is 87.4. The molecule has 1 saturated carbocycles. The number of nitro groups is 1. The van der Waals surface area contributed by atoms with Gasteiger partial charge in [-0.05, 0) is 134 Å². The van der Waals surface area contributed by atoms with Crippen molar-refractivity contribution >= 4 is 88.3 Å². The van der Waals surface area contributed by atoms with Crippen LogP contribution in [0.25, 0.3) is 11.1 Å². The Morgan fingerprint density at radius 3 is 1.93 bits per heavy atom. The highest BCUT2D eigenvalue weighted by atomic mass is 35.5. The van der Waals surface area contributed by atoms with Crippen molar-refractivity contribution in [1.82, 2.24) is 47.4 Å². The summed E-state index contributed by atoms with van der Waals surface area (Å²) in [6, 6.07) is 1.63. The van der Waals surface area contributed by atoms with Crippen LogP contribution in [0.4, 0.5) is 15.3 Å². The second kappa shape index (κ2) is 35.9. The minimum atomic E-state index is -2.46. The fourth-order valence-corrected chi connectivity index (χ4v) is 14.9. The fraction of sp³-hybridized carbons (Fsp3) is 0.410. The maximum atomic E-state index is 16.3. The van der Waals surface area contributed by atoms with Crippen LogP contribution in [0.1, 0.15) is 124 Å². The van der Waals surface area contributed by atoms with Gasteiger partial charge in [0.05, 0.1) is 39.6 Å². The third-order valence-corrected chi connectivity index (χ3v) is 21.5. The number of non-ortho nitro benzene ring substituents is 1. The highest BCUT2D eigenvalue weighted by Crippen LogP contribution is 2.50. The van der Waals surface area contributed by atoms with E-state index in [1.165, 1.54) is 45.2 Å². The first-order chi connectivity index (χ1) is 56.8. The molecule has 11 bridgehead atoms. The van der Waals surface area contributed by atoms with Crippen LogP contribution in [0.15, 0.2) is 103 Å². The lowest BCUT2D eigenvalue weighted by Gasteiger charge is -2.48. The molecular weight excluding hydrogens is 1630 g/mol. The third-order valence-electron chi connectivity index (χ3n) is 20.9. The van der Waals surface area contributed by atoms with Gasteiger partial charge < -0.3 is 132 Å². The van der Waals surface area contributed by atoms with E-state index in [2.05, 4.69) is 42.5 Å². The van der Waals surface area contributed by atoms with E-state index in [0.29, 0.717) is 18.4 Å². The van der Waals surface area contributed by atoms with Gasteiger partial charge in [-0.15, -0.1) is 0 Å². The van der Waals surface area contributed by atoms with Crippen LogP contribution in [-0.4, -0.2) is 219 Å². The first-order valence-electron chi connectivity index (χ1n) is 37.5. The number of rotatable bonds is 18. The summed E-state index contributed by atoms with van der Waals surface area (Å²) in [5, 5.41) is 146. The molecule has 7 aliphatic heterocycles. The number of nitrogens with two attached hydrogens (primary N) is 1. The fourth-order valence-electron chi connectivity index (χ4n) is 14.4. The largest absolute Gasteiger partial charge is 0.508 e. The molecule has 0 aromatic heterocycles. The highest BCUT2D eigenvalue weighted by molar-refractivity contribution is 6.32. The number of nitrogens with zero attached hydrogens (tertiary/aromatic N) is 2. The van der Waals surface area contributed by atoms with Crippen molar-refractivity contribution in [3.63, 3.8) is 0 Å². The number of aromatic hydroxyl groups is 3. The summed E-state index contributed by atoms with van der Waals surface area (Å²) in [5.74, 6) is -17.7. The number of hydrogen-bond donors (Lipinski definition) is 19. The zero-order valence-corrected chi connectivity index (χ0v) is 65.7. The number of aliphatic hydroxyl groups is 6. The lowest BCUT2D eigenvalue weighted by Crippen LogP contribution is -2.67. The Bertz CT molecular complexity index is 5030. The molecular formula is C78H85Cl2N11O29. The van der Waals surface area contributed by atoms with E-state index in [1.807, 2.05) is 0 Å². The van der Waals surface area contributed by atoms with E-state index in [1.54, 1.807) is 13.8 Å². The molecule has 0 spiro atoms. The van der Waals surface area contributed by atoms with Crippen molar-refractivity contribution in [1.29, 1.82) is 0 Å². The quantitative estimate of drug-likeness (QED) is 0.0434. The van der Waals surface area contributed by atoms with Gasteiger partial charge in [0.2, 0.25) is 53.4 Å². The number of primary amides is 1. The molecule has 2 saturated heterocycles. The smallest absolute Gasteiger partial charge is 0.410 e. The van der Waals surface area contributed by atoms with Crippen LogP contribution in [0, 0.1) is 16.0 Å².